The average Bonchev–Trinajstić information content (AvgIpc) is 2.27. The summed E-state index contributed by atoms with van der Waals surface area (Å²) >= 11 is 0. The van der Waals surface area contributed by atoms with E-state index in [0.717, 1.165) is 0 Å². The summed E-state index contributed by atoms with van der Waals surface area (Å²) in [5, 5.41) is 8.89. The Labute approximate surface area is 106 Å². The minimum atomic E-state index is -0.833. The summed E-state index contributed by atoms with van der Waals surface area (Å²) in [4.78, 5) is 27.0. The number of rotatable bonds is 5. The van der Waals surface area contributed by atoms with Gasteiger partial charge in [0, 0.05) is 27.7 Å². The average molecular weight is 253 g/mol. The second-order valence-electron chi connectivity index (χ2n) is 4.50. The third-order valence-corrected chi connectivity index (χ3v) is 2.43. The van der Waals surface area contributed by atoms with E-state index in [-0.39, 0.29) is 0 Å². The molecule has 0 spiro atoms. The smallest absolute Gasteiger partial charge is 0.308 e. The van der Waals surface area contributed by atoms with Crippen LogP contribution in [-0.4, -0.2) is 53.7 Å². The molecule has 1 aromatic rings. The number of carboxylic acid groups (broad SMARTS) is 1. The zero-order valence-corrected chi connectivity index (χ0v) is 11.4. The van der Waals surface area contributed by atoms with Crippen molar-refractivity contribution in [2.75, 3.05) is 37.5 Å². The van der Waals surface area contributed by atoms with E-state index in [9.17, 15) is 4.79 Å². The van der Waals surface area contributed by atoms with Crippen LogP contribution in [0.25, 0.3) is 0 Å². The Bertz CT molecular complexity index is 435. The van der Waals surface area contributed by atoms with Gasteiger partial charge in [0.15, 0.2) is 0 Å². The Hall–Kier alpha value is -1.92. The molecule has 1 N–H and O–H groups in total. The number of aliphatic carboxylic acids is 1. The van der Waals surface area contributed by atoms with Gasteiger partial charge >= 0.3 is 5.97 Å². The zero-order valence-electron chi connectivity index (χ0n) is 11.4. The van der Waals surface area contributed by atoms with E-state index in [1.54, 1.807) is 30.7 Å². The van der Waals surface area contributed by atoms with E-state index in [1.165, 1.54) is 0 Å². The minimum absolute atomic E-state index is 0.353. The maximum atomic E-state index is 10.8. The summed E-state index contributed by atoms with van der Waals surface area (Å²) in [5.41, 5.74) is 0. The third-order valence-electron chi connectivity index (χ3n) is 2.43. The lowest BCUT2D eigenvalue weighted by Gasteiger charge is -2.21. The molecule has 0 saturated heterocycles. The molecule has 0 amide bonds. The van der Waals surface area contributed by atoms with Crippen molar-refractivity contribution in [3.63, 3.8) is 0 Å². The quantitative estimate of drug-likeness (QED) is 0.813. The Morgan fingerprint density at radius 1 is 1.22 bits per heavy atom. The van der Waals surface area contributed by atoms with Gasteiger partial charge in [-0.3, -0.25) is 4.79 Å². The van der Waals surface area contributed by atoms with Gasteiger partial charge in [0.05, 0.1) is 5.92 Å². The largest absolute Gasteiger partial charge is 0.481 e. The van der Waals surface area contributed by atoms with Crippen LogP contribution < -0.4 is 9.80 Å². The number of hydrogen-bond donors (Lipinski definition) is 1. The van der Waals surface area contributed by atoms with Gasteiger partial charge in [-0.1, -0.05) is 6.92 Å². The van der Waals surface area contributed by atoms with Crippen molar-refractivity contribution >= 4 is 17.9 Å². The molecule has 0 aromatic carbocycles. The van der Waals surface area contributed by atoms with Crippen LogP contribution in [0.4, 0.5) is 11.9 Å². The first-order valence-corrected chi connectivity index (χ1v) is 5.65. The number of nitrogens with zero attached hydrogens (tertiary/aromatic N) is 5. The highest BCUT2D eigenvalue weighted by atomic mass is 16.4. The minimum Gasteiger partial charge on any atom is -0.481 e. The van der Waals surface area contributed by atoms with Crippen molar-refractivity contribution in [1.82, 2.24) is 15.0 Å². The molecule has 0 bridgehead atoms. The molecule has 1 unspecified atom stereocenters. The van der Waals surface area contributed by atoms with Crippen molar-refractivity contribution in [3.8, 4) is 0 Å². The van der Waals surface area contributed by atoms with Crippen LogP contribution in [0.3, 0.4) is 0 Å². The van der Waals surface area contributed by atoms with Gasteiger partial charge < -0.3 is 14.9 Å². The van der Waals surface area contributed by atoms with Gasteiger partial charge in [-0.25, -0.2) is 0 Å². The fourth-order valence-corrected chi connectivity index (χ4v) is 1.40. The fraction of sp³-hybridized carbons (Fsp3) is 0.636. The molecule has 1 heterocycles. The van der Waals surface area contributed by atoms with Crippen molar-refractivity contribution in [2.24, 2.45) is 5.92 Å². The van der Waals surface area contributed by atoms with Gasteiger partial charge in [-0.2, -0.15) is 15.0 Å². The highest BCUT2D eigenvalue weighted by Gasteiger charge is 2.16. The highest BCUT2D eigenvalue weighted by Crippen LogP contribution is 2.12. The molecule has 0 fully saturated rings. The van der Waals surface area contributed by atoms with Crippen LogP contribution in [0.1, 0.15) is 12.7 Å². The highest BCUT2D eigenvalue weighted by molar-refractivity contribution is 5.70. The number of aryl methyl sites for hydroxylation is 1. The fourth-order valence-electron chi connectivity index (χ4n) is 1.40. The van der Waals surface area contributed by atoms with Crippen LogP contribution >= 0.6 is 0 Å². The van der Waals surface area contributed by atoms with Crippen LogP contribution in [0.2, 0.25) is 0 Å². The molecule has 0 aliphatic carbocycles. The Morgan fingerprint density at radius 3 is 2.28 bits per heavy atom. The molecule has 7 nitrogen and oxygen atoms in total. The summed E-state index contributed by atoms with van der Waals surface area (Å²) in [5.74, 6) is 0.348. The lowest BCUT2D eigenvalue weighted by molar-refractivity contribution is -0.140. The molecule has 18 heavy (non-hydrogen) atoms. The summed E-state index contributed by atoms with van der Waals surface area (Å²) in [6, 6.07) is 0. The molecule has 0 aliphatic heterocycles. The molecule has 100 valence electrons. The second-order valence-corrected chi connectivity index (χ2v) is 4.50. The number of carbonyl (C=O) groups is 1. The predicted octanol–water partition coefficient (Wildman–Crippen LogP) is 0.403. The lowest BCUT2D eigenvalue weighted by atomic mass is 10.2. The summed E-state index contributed by atoms with van der Waals surface area (Å²) in [6.07, 6.45) is 0. The maximum Gasteiger partial charge on any atom is 0.308 e. The van der Waals surface area contributed by atoms with Crippen molar-refractivity contribution in [2.45, 2.75) is 13.8 Å². The molecule has 0 saturated carbocycles. The lowest BCUT2D eigenvalue weighted by Crippen LogP contribution is -2.30. The molecular weight excluding hydrogens is 234 g/mol. The first kappa shape index (κ1) is 14.1. The molecule has 0 radical (unpaired) electrons. The molecule has 0 aliphatic rings. The summed E-state index contributed by atoms with van der Waals surface area (Å²) < 4.78 is 0. The predicted molar refractivity (Wildman–Crippen MR) is 69.0 cm³/mol. The van der Waals surface area contributed by atoms with E-state index >= 15 is 0 Å². The molecule has 1 atom stereocenters. The van der Waals surface area contributed by atoms with Crippen molar-refractivity contribution < 1.29 is 9.90 Å². The maximum absolute atomic E-state index is 10.8. The monoisotopic (exact) mass is 253 g/mol. The number of hydrogen-bond acceptors (Lipinski definition) is 6. The topological polar surface area (TPSA) is 82.5 Å². The Kier molecular flexibility index (Phi) is 4.41. The second kappa shape index (κ2) is 5.61. The third kappa shape index (κ3) is 3.54. The van der Waals surface area contributed by atoms with E-state index in [4.69, 9.17) is 5.11 Å². The molecular formula is C11H19N5O2. The van der Waals surface area contributed by atoms with Gasteiger partial charge in [0.1, 0.15) is 5.82 Å². The Morgan fingerprint density at radius 2 is 1.78 bits per heavy atom. The van der Waals surface area contributed by atoms with Gasteiger partial charge in [-0.05, 0) is 6.92 Å². The standard InChI is InChI=1S/C11H19N5O2/c1-7(9(17)18)6-16(5)11-13-8(2)12-10(14-11)15(3)4/h7H,6H2,1-5H3,(H,17,18). The molecule has 7 heteroatoms. The number of anilines is 2. The van der Waals surface area contributed by atoms with Crippen molar-refractivity contribution in [1.29, 1.82) is 0 Å². The summed E-state index contributed by atoms with van der Waals surface area (Å²) in [6.45, 7) is 3.79. The van der Waals surface area contributed by atoms with Crippen LogP contribution in [-0.2, 0) is 4.79 Å². The van der Waals surface area contributed by atoms with Gasteiger partial charge in [-0.15, -0.1) is 0 Å². The van der Waals surface area contributed by atoms with Gasteiger partial charge in [0.25, 0.3) is 0 Å². The first-order chi connectivity index (χ1) is 8.31. The number of carboxylic acids is 1. The Balaban J connectivity index is 2.91. The van der Waals surface area contributed by atoms with E-state index < -0.39 is 11.9 Å². The first-order valence-electron chi connectivity index (χ1n) is 5.65. The van der Waals surface area contributed by atoms with E-state index in [2.05, 4.69) is 15.0 Å². The van der Waals surface area contributed by atoms with E-state index in [0.29, 0.717) is 24.3 Å². The van der Waals surface area contributed by atoms with Gasteiger partial charge in [0.2, 0.25) is 11.9 Å². The normalized spacial score (nSPS) is 12.1. The van der Waals surface area contributed by atoms with Crippen molar-refractivity contribution in [3.05, 3.63) is 5.82 Å². The number of aromatic nitrogens is 3. The van der Waals surface area contributed by atoms with Crippen LogP contribution in [0, 0.1) is 12.8 Å². The molecule has 1 aromatic heterocycles. The van der Waals surface area contributed by atoms with Crippen LogP contribution in [0.15, 0.2) is 0 Å². The SMILES string of the molecule is Cc1nc(N(C)C)nc(N(C)CC(C)C(=O)O)n1. The van der Waals surface area contributed by atoms with E-state index in [1.807, 2.05) is 14.1 Å². The summed E-state index contributed by atoms with van der Waals surface area (Å²) in [7, 11) is 5.46. The van der Waals surface area contributed by atoms with Crippen LogP contribution in [0.5, 0.6) is 0 Å². The zero-order chi connectivity index (χ0) is 13.9. The molecule has 1 rings (SSSR count).